The Labute approximate surface area is 121 Å². The first-order valence-corrected chi connectivity index (χ1v) is 6.48. The average Bonchev–Trinajstić information content (AvgIpc) is 2.88. The van der Waals surface area contributed by atoms with E-state index in [9.17, 15) is 9.59 Å². The zero-order valence-electron chi connectivity index (χ0n) is 12.2. The summed E-state index contributed by atoms with van der Waals surface area (Å²) in [5, 5.41) is 6.32. The molecule has 0 aromatic carbocycles. The van der Waals surface area contributed by atoms with Crippen LogP contribution in [0.3, 0.4) is 0 Å². The Balaban J connectivity index is 1.98. The smallest absolute Gasteiger partial charge is 0.273 e. The molecule has 0 saturated heterocycles. The van der Waals surface area contributed by atoms with Crippen LogP contribution in [0.1, 0.15) is 21.9 Å². The molecule has 2 aromatic rings. The standard InChI is InChI=1S/C14H17N3O4/c1-9-6-11(20-3)8-13(18)17(9)5-4-15-14(19)12-7-10(2)21-16-12/h6-8H,4-5H2,1-3H3,(H,15,19). The molecule has 7 nitrogen and oxygen atoms in total. The quantitative estimate of drug-likeness (QED) is 0.884. The first kappa shape index (κ1) is 14.8. The number of rotatable bonds is 5. The Morgan fingerprint density at radius 1 is 1.38 bits per heavy atom. The molecule has 7 heteroatoms. The van der Waals surface area contributed by atoms with Gasteiger partial charge in [-0.2, -0.15) is 0 Å². The Morgan fingerprint density at radius 3 is 2.71 bits per heavy atom. The van der Waals surface area contributed by atoms with Crippen LogP contribution in [0.2, 0.25) is 0 Å². The van der Waals surface area contributed by atoms with Gasteiger partial charge in [0, 0.05) is 30.9 Å². The van der Waals surface area contributed by atoms with Gasteiger partial charge in [0.05, 0.1) is 7.11 Å². The predicted molar refractivity (Wildman–Crippen MR) is 75.6 cm³/mol. The third-order valence-electron chi connectivity index (χ3n) is 3.03. The molecule has 0 aliphatic carbocycles. The number of aryl methyl sites for hydroxylation is 2. The lowest BCUT2D eigenvalue weighted by atomic mass is 10.3. The minimum atomic E-state index is -0.328. The van der Waals surface area contributed by atoms with Gasteiger partial charge in [-0.1, -0.05) is 5.16 Å². The molecule has 0 atom stereocenters. The SMILES string of the molecule is COc1cc(C)n(CCNC(=O)c2cc(C)on2)c(=O)c1. The van der Waals surface area contributed by atoms with Crippen LogP contribution in [0.15, 0.2) is 27.5 Å². The molecule has 112 valence electrons. The van der Waals surface area contributed by atoms with Crippen LogP contribution in [0, 0.1) is 13.8 Å². The second-order valence-corrected chi connectivity index (χ2v) is 4.61. The van der Waals surface area contributed by atoms with E-state index < -0.39 is 0 Å². The zero-order valence-corrected chi connectivity index (χ0v) is 12.2. The van der Waals surface area contributed by atoms with E-state index in [1.807, 2.05) is 6.92 Å². The van der Waals surface area contributed by atoms with Gasteiger partial charge in [0.2, 0.25) is 0 Å². The number of carbonyl (C=O) groups is 1. The third-order valence-corrected chi connectivity index (χ3v) is 3.03. The Morgan fingerprint density at radius 2 is 2.14 bits per heavy atom. The van der Waals surface area contributed by atoms with E-state index in [1.165, 1.54) is 13.2 Å². The minimum absolute atomic E-state index is 0.168. The second-order valence-electron chi connectivity index (χ2n) is 4.61. The van der Waals surface area contributed by atoms with Crippen molar-refractivity contribution >= 4 is 5.91 Å². The van der Waals surface area contributed by atoms with Crippen molar-refractivity contribution in [1.29, 1.82) is 0 Å². The number of carbonyl (C=O) groups excluding carboxylic acids is 1. The number of pyridine rings is 1. The average molecular weight is 291 g/mol. The molecule has 1 N–H and O–H groups in total. The van der Waals surface area contributed by atoms with Crippen LogP contribution in [0.25, 0.3) is 0 Å². The lowest BCUT2D eigenvalue weighted by Crippen LogP contribution is -2.31. The summed E-state index contributed by atoms with van der Waals surface area (Å²) in [7, 11) is 1.51. The van der Waals surface area contributed by atoms with Crippen LogP contribution in [-0.2, 0) is 6.54 Å². The molecule has 0 radical (unpaired) electrons. The zero-order chi connectivity index (χ0) is 15.4. The van der Waals surface area contributed by atoms with Gasteiger partial charge in [0.25, 0.3) is 11.5 Å². The van der Waals surface area contributed by atoms with E-state index in [2.05, 4.69) is 10.5 Å². The maximum atomic E-state index is 11.9. The molecule has 0 saturated carbocycles. The van der Waals surface area contributed by atoms with E-state index >= 15 is 0 Å². The van der Waals surface area contributed by atoms with Gasteiger partial charge < -0.3 is 19.1 Å². The maximum Gasteiger partial charge on any atom is 0.273 e. The van der Waals surface area contributed by atoms with Gasteiger partial charge in [-0.05, 0) is 19.9 Å². The van der Waals surface area contributed by atoms with Crippen LogP contribution < -0.4 is 15.6 Å². The molecule has 0 aliphatic rings. The lowest BCUT2D eigenvalue weighted by molar-refractivity contribution is 0.0943. The normalized spacial score (nSPS) is 10.4. The van der Waals surface area contributed by atoms with Crippen molar-refractivity contribution in [2.75, 3.05) is 13.7 Å². The van der Waals surface area contributed by atoms with Crippen LogP contribution >= 0.6 is 0 Å². The van der Waals surface area contributed by atoms with E-state index in [4.69, 9.17) is 9.26 Å². The number of hydrogen-bond donors (Lipinski definition) is 1. The number of aromatic nitrogens is 2. The number of nitrogens with zero attached hydrogens (tertiary/aromatic N) is 2. The molecule has 0 fully saturated rings. The highest BCUT2D eigenvalue weighted by Crippen LogP contribution is 2.08. The lowest BCUT2D eigenvalue weighted by Gasteiger charge is -2.11. The van der Waals surface area contributed by atoms with Crippen molar-refractivity contribution in [2.24, 2.45) is 0 Å². The van der Waals surface area contributed by atoms with Gasteiger partial charge in [-0.25, -0.2) is 0 Å². The van der Waals surface area contributed by atoms with Gasteiger partial charge in [-0.15, -0.1) is 0 Å². The Hall–Kier alpha value is -2.57. The molecular formula is C14H17N3O4. The number of nitrogens with one attached hydrogen (secondary N) is 1. The number of methoxy groups -OCH3 is 1. The third kappa shape index (κ3) is 3.50. The summed E-state index contributed by atoms with van der Waals surface area (Å²) in [6.07, 6.45) is 0. The first-order valence-electron chi connectivity index (χ1n) is 6.48. The molecule has 2 rings (SSSR count). The van der Waals surface area contributed by atoms with Crippen LogP contribution in [0.5, 0.6) is 5.75 Å². The van der Waals surface area contributed by atoms with Gasteiger partial charge in [0.1, 0.15) is 11.5 Å². The van der Waals surface area contributed by atoms with Crippen molar-refractivity contribution in [3.8, 4) is 5.75 Å². The summed E-state index contributed by atoms with van der Waals surface area (Å²) in [6, 6.07) is 4.74. The first-order chi connectivity index (χ1) is 10.0. The topological polar surface area (TPSA) is 86.4 Å². The van der Waals surface area contributed by atoms with E-state index in [0.29, 0.717) is 24.6 Å². The van der Waals surface area contributed by atoms with Crippen molar-refractivity contribution in [3.63, 3.8) is 0 Å². The summed E-state index contributed by atoms with van der Waals surface area (Å²) in [5.74, 6) is 0.768. The maximum absolute atomic E-state index is 11.9. The van der Waals surface area contributed by atoms with E-state index in [-0.39, 0.29) is 17.2 Å². The molecule has 1 amide bonds. The molecule has 0 unspecified atom stereocenters. The van der Waals surface area contributed by atoms with Gasteiger partial charge >= 0.3 is 0 Å². The number of ether oxygens (including phenoxy) is 1. The van der Waals surface area contributed by atoms with Gasteiger partial charge in [0.15, 0.2) is 5.69 Å². The fourth-order valence-corrected chi connectivity index (χ4v) is 1.95. The predicted octanol–water partition coefficient (Wildman–Crippen LogP) is 0.892. The summed E-state index contributed by atoms with van der Waals surface area (Å²) in [4.78, 5) is 23.7. The largest absolute Gasteiger partial charge is 0.496 e. The Kier molecular flexibility index (Phi) is 4.42. The summed E-state index contributed by atoms with van der Waals surface area (Å²) in [6.45, 7) is 4.21. The number of amides is 1. The van der Waals surface area contributed by atoms with E-state index in [1.54, 1.807) is 23.6 Å². The molecule has 21 heavy (non-hydrogen) atoms. The minimum Gasteiger partial charge on any atom is -0.496 e. The monoisotopic (exact) mass is 291 g/mol. The van der Waals surface area contributed by atoms with Gasteiger partial charge in [-0.3, -0.25) is 9.59 Å². The number of hydrogen-bond acceptors (Lipinski definition) is 5. The summed E-state index contributed by atoms with van der Waals surface area (Å²) >= 11 is 0. The molecule has 0 spiro atoms. The molecular weight excluding hydrogens is 274 g/mol. The highest BCUT2D eigenvalue weighted by Gasteiger charge is 2.10. The van der Waals surface area contributed by atoms with Crippen LogP contribution in [0.4, 0.5) is 0 Å². The molecule has 2 heterocycles. The molecule has 0 aliphatic heterocycles. The van der Waals surface area contributed by atoms with Crippen molar-refractivity contribution in [1.82, 2.24) is 15.0 Å². The van der Waals surface area contributed by atoms with Crippen molar-refractivity contribution < 1.29 is 14.1 Å². The fraction of sp³-hybridized carbons (Fsp3) is 0.357. The molecule has 0 bridgehead atoms. The summed E-state index contributed by atoms with van der Waals surface area (Å²) < 4.78 is 11.4. The Bertz CT molecular complexity index is 702. The van der Waals surface area contributed by atoms with Crippen molar-refractivity contribution in [2.45, 2.75) is 20.4 Å². The highest BCUT2D eigenvalue weighted by molar-refractivity contribution is 5.92. The fourth-order valence-electron chi connectivity index (χ4n) is 1.95. The van der Waals surface area contributed by atoms with E-state index in [0.717, 1.165) is 5.69 Å². The molecule has 2 aromatic heterocycles. The second kappa shape index (κ2) is 6.25. The highest BCUT2D eigenvalue weighted by atomic mass is 16.5. The van der Waals surface area contributed by atoms with Crippen molar-refractivity contribution in [3.05, 3.63) is 45.7 Å². The van der Waals surface area contributed by atoms with Crippen LogP contribution in [-0.4, -0.2) is 29.3 Å². The summed E-state index contributed by atoms with van der Waals surface area (Å²) in [5.41, 5.74) is 0.829.